The van der Waals surface area contributed by atoms with Crippen LogP contribution >= 0.6 is 0 Å². The van der Waals surface area contributed by atoms with Gasteiger partial charge in [-0.1, -0.05) is 12.1 Å². The van der Waals surface area contributed by atoms with Crippen LogP contribution in [0.3, 0.4) is 0 Å². The van der Waals surface area contributed by atoms with Crippen LogP contribution in [0.1, 0.15) is 5.56 Å². The van der Waals surface area contributed by atoms with E-state index in [9.17, 15) is 9.90 Å². The number of carbonyl (C=O) groups is 1. The lowest BCUT2D eigenvalue weighted by molar-refractivity contribution is -0.115. The van der Waals surface area contributed by atoms with Crippen molar-refractivity contribution in [2.45, 2.75) is 12.5 Å². The summed E-state index contributed by atoms with van der Waals surface area (Å²) in [7, 11) is 0. The molecule has 0 saturated heterocycles. The van der Waals surface area contributed by atoms with Gasteiger partial charge in [-0.05, 0) is 12.1 Å². The predicted octanol–water partition coefficient (Wildman–Crippen LogP) is 0.696. The van der Waals surface area contributed by atoms with Crippen molar-refractivity contribution >= 4 is 11.6 Å². The minimum absolute atomic E-state index is 0.0285. The van der Waals surface area contributed by atoms with Crippen LogP contribution in [0.25, 0.3) is 0 Å². The van der Waals surface area contributed by atoms with Gasteiger partial charge < -0.3 is 20.5 Å². The number of benzene rings is 1. The van der Waals surface area contributed by atoms with Gasteiger partial charge >= 0.3 is 0 Å². The topological polar surface area (TPSA) is 70.6 Å². The lowest BCUT2D eigenvalue weighted by Crippen LogP contribution is -2.31. The van der Waals surface area contributed by atoms with Gasteiger partial charge in [0, 0.05) is 24.3 Å². The summed E-state index contributed by atoms with van der Waals surface area (Å²) in [5.74, 6) is 0.623. The molecule has 5 heteroatoms. The van der Waals surface area contributed by atoms with Crippen molar-refractivity contribution in [1.82, 2.24) is 5.32 Å². The van der Waals surface area contributed by atoms with E-state index in [0.29, 0.717) is 25.3 Å². The maximum absolute atomic E-state index is 11.3. The summed E-state index contributed by atoms with van der Waals surface area (Å²) in [6, 6.07) is 5.47. The van der Waals surface area contributed by atoms with Crippen molar-refractivity contribution < 1.29 is 14.6 Å². The largest absolute Gasteiger partial charge is 0.490 e. The molecule has 102 valence electrons. The molecule has 0 saturated carbocycles. The normalized spacial score (nSPS) is 14.7. The molecular weight excluding hydrogens is 244 g/mol. The lowest BCUT2D eigenvalue weighted by Gasteiger charge is -2.14. The molecule has 0 bridgehead atoms. The highest BCUT2D eigenvalue weighted by atomic mass is 16.5. The van der Waals surface area contributed by atoms with Crippen LogP contribution in [-0.2, 0) is 11.2 Å². The second-order valence-electron chi connectivity index (χ2n) is 4.42. The van der Waals surface area contributed by atoms with Crippen molar-refractivity contribution in [3.05, 3.63) is 36.4 Å². The van der Waals surface area contributed by atoms with E-state index in [0.717, 1.165) is 11.3 Å². The van der Waals surface area contributed by atoms with Crippen molar-refractivity contribution in [1.29, 1.82) is 0 Å². The minimum Gasteiger partial charge on any atom is -0.490 e. The molecule has 1 aliphatic rings. The summed E-state index contributed by atoms with van der Waals surface area (Å²) in [6.07, 6.45) is 1.46. The first-order chi connectivity index (χ1) is 9.20. The minimum atomic E-state index is -0.596. The van der Waals surface area contributed by atoms with Gasteiger partial charge in [0.05, 0.1) is 6.42 Å². The number of hydrogen-bond acceptors (Lipinski definition) is 4. The maximum Gasteiger partial charge on any atom is 0.229 e. The molecule has 1 aromatic rings. The van der Waals surface area contributed by atoms with Crippen LogP contribution in [0.2, 0.25) is 0 Å². The summed E-state index contributed by atoms with van der Waals surface area (Å²) < 4.78 is 5.58. The Labute approximate surface area is 112 Å². The SMILES string of the molecule is C=CCNCC(O)COc1cccc2c1CC(=O)N2. The van der Waals surface area contributed by atoms with E-state index >= 15 is 0 Å². The first-order valence-electron chi connectivity index (χ1n) is 6.25. The molecule has 0 spiro atoms. The van der Waals surface area contributed by atoms with E-state index in [-0.39, 0.29) is 12.5 Å². The summed E-state index contributed by atoms with van der Waals surface area (Å²) in [5, 5.41) is 15.5. The number of ether oxygens (including phenoxy) is 1. The first kappa shape index (κ1) is 13.6. The van der Waals surface area contributed by atoms with Crippen molar-refractivity contribution in [3.63, 3.8) is 0 Å². The molecule has 1 heterocycles. The third kappa shape index (κ3) is 3.56. The van der Waals surface area contributed by atoms with Gasteiger partial charge in [0.1, 0.15) is 18.5 Å². The van der Waals surface area contributed by atoms with Gasteiger partial charge in [-0.2, -0.15) is 0 Å². The quantitative estimate of drug-likeness (QED) is 0.499. The molecule has 3 N–H and O–H groups in total. The van der Waals surface area contributed by atoms with Crippen LogP contribution in [0.5, 0.6) is 5.75 Å². The number of nitrogens with one attached hydrogen (secondary N) is 2. The maximum atomic E-state index is 11.3. The van der Waals surface area contributed by atoms with E-state index in [1.54, 1.807) is 6.08 Å². The van der Waals surface area contributed by atoms with E-state index in [4.69, 9.17) is 4.74 Å². The second-order valence-corrected chi connectivity index (χ2v) is 4.42. The van der Waals surface area contributed by atoms with Crippen molar-refractivity contribution in [2.75, 3.05) is 25.0 Å². The monoisotopic (exact) mass is 262 g/mol. The van der Waals surface area contributed by atoms with E-state index in [1.165, 1.54) is 0 Å². The third-order valence-electron chi connectivity index (χ3n) is 2.84. The van der Waals surface area contributed by atoms with Gasteiger partial charge in [-0.3, -0.25) is 4.79 Å². The van der Waals surface area contributed by atoms with Gasteiger partial charge in [0.15, 0.2) is 0 Å². The van der Waals surface area contributed by atoms with Crippen LogP contribution in [-0.4, -0.2) is 36.8 Å². The van der Waals surface area contributed by atoms with E-state index in [1.807, 2.05) is 18.2 Å². The average molecular weight is 262 g/mol. The zero-order chi connectivity index (χ0) is 13.7. The molecule has 0 radical (unpaired) electrons. The molecule has 1 aliphatic heterocycles. The summed E-state index contributed by atoms with van der Waals surface area (Å²) >= 11 is 0. The van der Waals surface area contributed by atoms with Gasteiger partial charge in [-0.15, -0.1) is 6.58 Å². The number of aliphatic hydroxyl groups is 1. The van der Waals surface area contributed by atoms with Crippen molar-refractivity contribution in [2.24, 2.45) is 0 Å². The molecular formula is C14H18N2O3. The van der Waals surface area contributed by atoms with Crippen LogP contribution in [0.15, 0.2) is 30.9 Å². The number of aliphatic hydroxyl groups excluding tert-OH is 1. The fourth-order valence-corrected chi connectivity index (χ4v) is 1.95. The Balaban J connectivity index is 1.88. The van der Waals surface area contributed by atoms with Gasteiger partial charge in [0.2, 0.25) is 5.91 Å². The van der Waals surface area contributed by atoms with E-state index in [2.05, 4.69) is 17.2 Å². The number of amides is 1. The fourth-order valence-electron chi connectivity index (χ4n) is 1.95. The number of fused-ring (bicyclic) bond motifs is 1. The molecule has 5 nitrogen and oxygen atoms in total. The highest BCUT2D eigenvalue weighted by Crippen LogP contribution is 2.31. The standard InChI is InChI=1S/C14H18N2O3/c1-2-6-15-8-10(17)9-19-13-5-3-4-12-11(13)7-14(18)16-12/h2-5,10,15,17H,1,6-9H2,(H,16,18). The number of hydrogen-bond donors (Lipinski definition) is 3. The Morgan fingerprint density at radius 1 is 1.58 bits per heavy atom. The smallest absolute Gasteiger partial charge is 0.229 e. The van der Waals surface area contributed by atoms with E-state index < -0.39 is 6.10 Å². The highest BCUT2D eigenvalue weighted by molar-refractivity contribution is 6.00. The molecule has 1 aromatic carbocycles. The van der Waals surface area contributed by atoms with Crippen LogP contribution in [0, 0.1) is 0 Å². The molecule has 0 fully saturated rings. The average Bonchev–Trinajstić information content (AvgIpc) is 2.77. The number of anilines is 1. The Morgan fingerprint density at radius 3 is 3.21 bits per heavy atom. The van der Waals surface area contributed by atoms with Crippen LogP contribution in [0.4, 0.5) is 5.69 Å². The predicted molar refractivity (Wildman–Crippen MR) is 73.3 cm³/mol. The summed E-state index contributed by atoms with van der Waals surface area (Å²) in [6.45, 7) is 4.86. The molecule has 2 rings (SSSR count). The van der Waals surface area contributed by atoms with Crippen molar-refractivity contribution in [3.8, 4) is 5.75 Å². The molecule has 1 unspecified atom stereocenters. The number of carbonyl (C=O) groups excluding carboxylic acids is 1. The van der Waals surface area contributed by atoms with Crippen LogP contribution < -0.4 is 15.4 Å². The third-order valence-corrected chi connectivity index (χ3v) is 2.84. The Morgan fingerprint density at radius 2 is 2.42 bits per heavy atom. The number of rotatable bonds is 7. The first-order valence-corrected chi connectivity index (χ1v) is 6.25. The molecule has 0 aromatic heterocycles. The molecule has 0 aliphatic carbocycles. The summed E-state index contributed by atoms with van der Waals surface area (Å²) in [4.78, 5) is 11.3. The molecule has 19 heavy (non-hydrogen) atoms. The molecule has 1 amide bonds. The Kier molecular flexibility index (Phi) is 4.54. The van der Waals surface area contributed by atoms with Gasteiger partial charge in [-0.25, -0.2) is 0 Å². The molecule has 1 atom stereocenters. The Bertz CT molecular complexity index is 474. The second kappa shape index (κ2) is 6.36. The Hall–Kier alpha value is -1.85. The zero-order valence-electron chi connectivity index (χ0n) is 10.7. The fraction of sp³-hybridized carbons (Fsp3) is 0.357. The van der Waals surface area contributed by atoms with Gasteiger partial charge in [0.25, 0.3) is 0 Å². The lowest BCUT2D eigenvalue weighted by atomic mass is 10.1. The summed E-state index contributed by atoms with van der Waals surface area (Å²) in [5.41, 5.74) is 1.65. The zero-order valence-corrected chi connectivity index (χ0v) is 10.7. The highest BCUT2D eigenvalue weighted by Gasteiger charge is 2.21.